The number of aromatic amines is 1. The maximum Gasteiger partial charge on any atom is 0.319 e. The van der Waals surface area contributed by atoms with Crippen molar-refractivity contribution in [3.8, 4) is 17.3 Å². The predicted octanol–water partition coefficient (Wildman–Crippen LogP) is 4.69. The second-order valence-corrected chi connectivity index (χ2v) is 12.8. The normalized spacial score (nSPS) is 25.3. The minimum absolute atomic E-state index is 0.0900. The third-order valence-corrected chi connectivity index (χ3v) is 10.4. The molecule has 4 aliphatic rings. The Bertz CT molecular complexity index is 1670. The van der Waals surface area contributed by atoms with Gasteiger partial charge in [-0.05, 0) is 88.7 Å². The number of aryl methyl sites for hydroxylation is 1. The Hall–Kier alpha value is -3.56. The largest absolute Gasteiger partial charge is 0.461 e. The van der Waals surface area contributed by atoms with E-state index >= 15 is 0 Å². The monoisotopic (exact) mass is 550 g/mol. The van der Waals surface area contributed by atoms with Crippen molar-refractivity contribution in [2.24, 2.45) is 0 Å². The Morgan fingerprint density at radius 2 is 1.95 bits per heavy atom. The highest BCUT2D eigenvalue weighted by Crippen LogP contribution is 2.40. The van der Waals surface area contributed by atoms with Gasteiger partial charge in [-0.1, -0.05) is 6.08 Å². The van der Waals surface area contributed by atoms with Crippen molar-refractivity contribution in [2.75, 3.05) is 37.7 Å². The summed E-state index contributed by atoms with van der Waals surface area (Å²) in [5.41, 5.74) is 6.30. The first-order valence-corrected chi connectivity index (χ1v) is 15.1. The van der Waals surface area contributed by atoms with E-state index in [9.17, 15) is 0 Å². The summed E-state index contributed by atoms with van der Waals surface area (Å²) in [6.45, 7) is 13.2. The first-order valence-electron chi connectivity index (χ1n) is 15.1. The highest BCUT2D eigenvalue weighted by atomic mass is 16.5. The predicted molar refractivity (Wildman–Crippen MR) is 161 cm³/mol. The Kier molecular flexibility index (Phi) is 5.66. The summed E-state index contributed by atoms with van der Waals surface area (Å²) < 4.78 is 6.54. The van der Waals surface area contributed by atoms with E-state index in [2.05, 4.69) is 63.9 Å². The number of fused-ring (bicyclic) bond motifs is 5. The van der Waals surface area contributed by atoms with E-state index in [4.69, 9.17) is 19.7 Å². The zero-order valence-electron chi connectivity index (χ0n) is 24.0. The van der Waals surface area contributed by atoms with E-state index in [1.165, 1.54) is 49.9 Å². The fraction of sp³-hybridized carbons (Fsp3) is 0.500. The number of benzene rings is 1. The van der Waals surface area contributed by atoms with Crippen molar-refractivity contribution in [3.05, 3.63) is 48.3 Å². The maximum absolute atomic E-state index is 6.54. The first-order chi connectivity index (χ1) is 20.0. The molecule has 2 atom stereocenters. The number of anilines is 1. The quantitative estimate of drug-likeness (QED) is 0.334. The van der Waals surface area contributed by atoms with Crippen LogP contribution in [0, 0.1) is 13.8 Å². The number of hydrogen-bond acceptors (Lipinski definition) is 8. The fourth-order valence-corrected chi connectivity index (χ4v) is 8.05. The molecule has 0 saturated carbocycles. The summed E-state index contributed by atoms with van der Waals surface area (Å²) in [4.78, 5) is 20.1. The summed E-state index contributed by atoms with van der Waals surface area (Å²) in [7, 11) is 0. The van der Waals surface area contributed by atoms with E-state index in [1.807, 2.05) is 12.4 Å². The molecule has 3 aromatic heterocycles. The van der Waals surface area contributed by atoms with Gasteiger partial charge in [-0.25, -0.2) is 0 Å². The second kappa shape index (κ2) is 9.22. The van der Waals surface area contributed by atoms with Crippen LogP contribution >= 0.6 is 0 Å². The van der Waals surface area contributed by atoms with Crippen molar-refractivity contribution >= 4 is 27.6 Å². The summed E-state index contributed by atoms with van der Waals surface area (Å²) in [5, 5.41) is 13.3. The molecule has 7 heterocycles. The number of aromatic nitrogens is 5. The van der Waals surface area contributed by atoms with Crippen molar-refractivity contribution in [1.82, 2.24) is 35.4 Å². The topological polar surface area (TPSA) is 95.1 Å². The van der Waals surface area contributed by atoms with E-state index < -0.39 is 0 Å². The number of piperazine rings is 1. The SMILES string of the molecule is C=CC12CCC(CN(c3nc(OCC45CCCN4CCC5)nc4cc(-c5c(C)c(C)cc6[nH]ncc56)ncc34)C1)N2. The Labute approximate surface area is 240 Å². The zero-order valence-corrected chi connectivity index (χ0v) is 24.0. The molecular formula is C32H38N8O. The van der Waals surface area contributed by atoms with Crippen molar-refractivity contribution in [2.45, 2.75) is 69.5 Å². The molecular weight excluding hydrogens is 512 g/mol. The molecule has 8 rings (SSSR count). The van der Waals surface area contributed by atoms with Gasteiger partial charge >= 0.3 is 6.01 Å². The van der Waals surface area contributed by atoms with Crippen LogP contribution in [-0.4, -0.2) is 80.0 Å². The number of nitrogens with zero attached hydrogens (tertiary/aromatic N) is 6. The standard InChI is InChI=1S/C32H38N8O/c1-4-31-10-7-22(37-31)17-39(18-31)29-24-15-33-27(28-21(3)20(2)13-26-23(28)16-34-38-26)14-25(24)35-30(36-29)41-19-32-8-5-11-40(32)12-6-9-32/h4,13-16,22,37H,1,5-12,17-19H2,2-3H3,(H,34,38). The minimum Gasteiger partial charge on any atom is -0.461 e. The number of pyridine rings is 1. The third-order valence-electron chi connectivity index (χ3n) is 10.4. The van der Waals surface area contributed by atoms with Crippen LogP contribution < -0.4 is 15.0 Å². The van der Waals surface area contributed by atoms with Crippen LogP contribution in [0.1, 0.15) is 49.7 Å². The Balaban J connectivity index is 1.24. The molecule has 4 saturated heterocycles. The molecule has 4 aromatic rings. The van der Waals surface area contributed by atoms with Gasteiger partial charge in [-0.3, -0.25) is 15.0 Å². The molecule has 4 aliphatic heterocycles. The highest BCUT2D eigenvalue weighted by Gasteiger charge is 2.45. The Morgan fingerprint density at radius 3 is 2.78 bits per heavy atom. The van der Waals surface area contributed by atoms with Crippen molar-refractivity contribution < 1.29 is 4.74 Å². The lowest BCUT2D eigenvalue weighted by molar-refractivity contribution is 0.108. The van der Waals surface area contributed by atoms with Gasteiger partial charge < -0.3 is 15.0 Å². The van der Waals surface area contributed by atoms with Crippen LogP contribution in [-0.2, 0) is 0 Å². The van der Waals surface area contributed by atoms with Crippen LogP contribution in [0.15, 0.2) is 37.2 Å². The van der Waals surface area contributed by atoms with Crippen LogP contribution in [0.3, 0.4) is 0 Å². The molecule has 0 spiro atoms. The summed E-state index contributed by atoms with van der Waals surface area (Å²) >= 11 is 0. The summed E-state index contributed by atoms with van der Waals surface area (Å²) in [6, 6.07) is 5.14. The lowest BCUT2D eigenvalue weighted by Gasteiger charge is -2.40. The second-order valence-electron chi connectivity index (χ2n) is 12.8. The smallest absolute Gasteiger partial charge is 0.319 e. The molecule has 0 aliphatic carbocycles. The van der Waals surface area contributed by atoms with Crippen LogP contribution in [0.25, 0.3) is 33.1 Å². The fourth-order valence-electron chi connectivity index (χ4n) is 8.05. The Morgan fingerprint density at radius 1 is 1.10 bits per heavy atom. The number of nitrogens with one attached hydrogen (secondary N) is 2. The average molecular weight is 551 g/mol. The van der Waals surface area contributed by atoms with E-state index in [1.54, 1.807) is 0 Å². The summed E-state index contributed by atoms with van der Waals surface area (Å²) in [6.07, 6.45) is 13.0. The lowest BCUT2D eigenvalue weighted by atomic mass is 9.95. The van der Waals surface area contributed by atoms with Gasteiger partial charge in [0.2, 0.25) is 0 Å². The van der Waals surface area contributed by atoms with Gasteiger partial charge in [-0.2, -0.15) is 15.1 Å². The van der Waals surface area contributed by atoms with Gasteiger partial charge in [0.25, 0.3) is 0 Å². The molecule has 2 N–H and O–H groups in total. The van der Waals surface area contributed by atoms with E-state index in [0.717, 1.165) is 64.8 Å². The molecule has 9 nitrogen and oxygen atoms in total. The minimum atomic E-state index is -0.0900. The molecule has 0 amide bonds. The third kappa shape index (κ3) is 3.96. The summed E-state index contributed by atoms with van der Waals surface area (Å²) in [5.74, 6) is 0.908. The number of rotatable bonds is 6. The molecule has 0 radical (unpaired) electrons. The maximum atomic E-state index is 6.54. The molecule has 41 heavy (non-hydrogen) atoms. The zero-order chi connectivity index (χ0) is 27.8. The molecule has 4 fully saturated rings. The molecule has 2 unspecified atom stereocenters. The van der Waals surface area contributed by atoms with Crippen LogP contribution in [0.5, 0.6) is 6.01 Å². The molecule has 9 heteroatoms. The van der Waals surface area contributed by atoms with Crippen molar-refractivity contribution in [3.63, 3.8) is 0 Å². The van der Waals surface area contributed by atoms with Gasteiger partial charge in [0.15, 0.2) is 0 Å². The number of ether oxygens (including phenoxy) is 1. The van der Waals surface area contributed by atoms with Gasteiger partial charge in [0.1, 0.15) is 12.4 Å². The first kappa shape index (κ1) is 25.2. The van der Waals surface area contributed by atoms with E-state index in [0.29, 0.717) is 18.7 Å². The van der Waals surface area contributed by atoms with Gasteiger partial charge in [0, 0.05) is 36.3 Å². The number of hydrogen-bond donors (Lipinski definition) is 2. The van der Waals surface area contributed by atoms with Crippen LogP contribution in [0.2, 0.25) is 0 Å². The molecule has 212 valence electrons. The van der Waals surface area contributed by atoms with Gasteiger partial charge in [0.05, 0.1) is 39.4 Å². The lowest BCUT2D eigenvalue weighted by Crippen LogP contribution is -2.58. The average Bonchev–Trinajstić information content (AvgIpc) is 3.75. The van der Waals surface area contributed by atoms with Gasteiger partial charge in [-0.15, -0.1) is 6.58 Å². The number of H-pyrrole nitrogens is 1. The van der Waals surface area contributed by atoms with Crippen LogP contribution in [0.4, 0.5) is 5.82 Å². The van der Waals surface area contributed by atoms with Crippen molar-refractivity contribution in [1.29, 1.82) is 0 Å². The molecule has 2 bridgehead atoms. The molecule has 1 aromatic carbocycles. The highest BCUT2D eigenvalue weighted by molar-refractivity contribution is 5.99. The van der Waals surface area contributed by atoms with E-state index in [-0.39, 0.29) is 11.1 Å².